The molecule has 0 atom stereocenters. The highest BCUT2D eigenvalue weighted by molar-refractivity contribution is 5.32. The summed E-state index contributed by atoms with van der Waals surface area (Å²) in [5.74, 6) is 0.446. The molecule has 0 aromatic carbocycles. The second-order valence-corrected chi connectivity index (χ2v) is 5.10. The molecular weight excluding hydrogens is 301 g/mol. The first-order valence-electron chi connectivity index (χ1n) is 6.69. The molecule has 3 rings (SSSR count). The lowest BCUT2D eigenvalue weighted by atomic mass is 10.0. The summed E-state index contributed by atoms with van der Waals surface area (Å²) in [5, 5.41) is 9.94. The predicted octanol–water partition coefficient (Wildman–Crippen LogP) is 1.25. The molecule has 0 saturated carbocycles. The van der Waals surface area contributed by atoms with E-state index in [0.717, 1.165) is 4.68 Å². The summed E-state index contributed by atoms with van der Waals surface area (Å²) in [6.07, 6.45) is -2.98. The molecule has 1 aliphatic heterocycles. The van der Waals surface area contributed by atoms with Gasteiger partial charge in [-0.1, -0.05) is 5.16 Å². The molecule has 0 radical (unpaired) electrons. The number of alkyl halides is 3. The van der Waals surface area contributed by atoms with Gasteiger partial charge in [0.05, 0.1) is 12.7 Å². The zero-order valence-corrected chi connectivity index (χ0v) is 11.7. The molecule has 3 heterocycles. The Labute approximate surface area is 122 Å². The van der Waals surface area contributed by atoms with Crippen LogP contribution in [0.4, 0.5) is 13.2 Å². The van der Waals surface area contributed by atoms with Crippen molar-refractivity contribution < 1.29 is 17.7 Å². The van der Waals surface area contributed by atoms with Crippen molar-refractivity contribution in [2.75, 3.05) is 6.54 Å². The van der Waals surface area contributed by atoms with Crippen molar-refractivity contribution in [3.63, 3.8) is 0 Å². The Kier molecular flexibility index (Phi) is 3.51. The zero-order valence-electron chi connectivity index (χ0n) is 11.7. The normalized spacial score (nSPS) is 14.9. The molecule has 118 valence electrons. The van der Waals surface area contributed by atoms with Crippen molar-refractivity contribution in [3.8, 4) is 0 Å². The SMILES string of the molecule is Cc1oncc1Cn1nc(C(F)(F)F)c2c(c1=O)CCNC2. The van der Waals surface area contributed by atoms with Gasteiger partial charge in [0.15, 0.2) is 5.69 Å². The Hall–Kier alpha value is -2.16. The second-order valence-electron chi connectivity index (χ2n) is 5.10. The molecule has 0 unspecified atom stereocenters. The van der Waals surface area contributed by atoms with Gasteiger partial charge in [0.2, 0.25) is 0 Å². The molecule has 6 nitrogen and oxygen atoms in total. The minimum absolute atomic E-state index is 0.000446. The monoisotopic (exact) mass is 314 g/mol. The molecule has 22 heavy (non-hydrogen) atoms. The number of rotatable bonds is 2. The first-order valence-corrected chi connectivity index (χ1v) is 6.69. The van der Waals surface area contributed by atoms with Crippen molar-refractivity contribution in [2.24, 2.45) is 0 Å². The van der Waals surface area contributed by atoms with E-state index >= 15 is 0 Å². The summed E-state index contributed by atoms with van der Waals surface area (Å²) in [7, 11) is 0. The Bertz CT molecular complexity index is 764. The van der Waals surface area contributed by atoms with Crippen LogP contribution in [0.2, 0.25) is 0 Å². The summed E-state index contributed by atoms with van der Waals surface area (Å²) in [4.78, 5) is 12.4. The van der Waals surface area contributed by atoms with Gasteiger partial charge >= 0.3 is 6.18 Å². The van der Waals surface area contributed by atoms with E-state index in [1.807, 2.05) is 0 Å². The van der Waals surface area contributed by atoms with Crippen LogP contribution in [0.3, 0.4) is 0 Å². The lowest BCUT2D eigenvalue weighted by Crippen LogP contribution is -2.38. The quantitative estimate of drug-likeness (QED) is 0.903. The lowest BCUT2D eigenvalue weighted by Gasteiger charge is -2.21. The molecule has 0 fully saturated rings. The van der Waals surface area contributed by atoms with Gasteiger partial charge in [-0.15, -0.1) is 0 Å². The van der Waals surface area contributed by atoms with E-state index in [2.05, 4.69) is 15.6 Å². The molecule has 0 bridgehead atoms. The van der Waals surface area contributed by atoms with Crippen LogP contribution < -0.4 is 10.9 Å². The van der Waals surface area contributed by atoms with Crippen molar-refractivity contribution >= 4 is 0 Å². The second kappa shape index (κ2) is 5.24. The van der Waals surface area contributed by atoms with Gasteiger partial charge in [0.1, 0.15) is 5.76 Å². The lowest BCUT2D eigenvalue weighted by molar-refractivity contribution is -0.143. The first-order chi connectivity index (χ1) is 10.4. The van der Waals surface area contributed by atoms with Crippen LogP contribution in [0.1, 0.15) is 28.1 Å². The summed E-state index contributed by atoms with van der Waals surface area (Å²) in [6.45, 7) is 1.99. The fraction of sp³-hybridized carbons (Fsp3) is 0.462. The number of nitrogens with one attached hydrogen (secondary N) is 1. The molecule has 1 aliphatic rings. The van der Waals surface area contributed by atoms with Gasteiger partial charge in [0.25, 0.3) is 5.56 Å². The first kappa shape index (κ1) is 14.8. The van der Waals surface area contributed by atoms with Crippen molar-refractivity contribution in [3.05, 3.63) is 44.7 Å². The smallest absolute Gasteiger partial charge is 0.361 e. The van der Waals surface area contributed by atoms with Crippen LogP contribution in [-0.4, -0.2) is 21.5 Å². The number of hydrogen-bond donors (Lipinski definition) is 1. The zero-order chi connectivity index (χ0) is 15.9. The van der Waals surface area contributed by atoms with E-state index in [-0.39, 0.29) is 30.6 Å². The maximum absolute atomic E-state index is 13.2. The Morgan fingerprint density at radius 2 is 2.18 bits per heavy atom. The van der Waals surface area contributed by atoms with E-state index < -0.39 is 17.4 Å². The van der Waals surface area contributed by atoms with Crippen molar-refractivity contribution in [1.82, 2.24) is 20.3 Å². The maximum atomic E-state index is 13.2. The van der Waals surface area contributed by atoms with E-state index in [4.69, 9.17) is 4.52 Å². The average Bonchev–Trinajstić information content (AvgIpc) is 2.86. The predicted molar refractivity (Wildman–Crippen MR) is 69.3 cm³/mol. The standard InChI is InChI=1S/C13H13F3N4O2/c1-7-8(4-18-22-7)6-20-12(21)9-2-3-17-5-10(9)11(19-20)13(14,15)16/h4,17H,2-3,5-6H2,1H3. The van der Waals surface area contributed by atoms with Crippen LogP contribution in [0, 0.1) is 6.92 Å². The molecule has 1 N–H and O–H groups in total. The van der Waals surface area contributed by atoms with Gasteiger partial charge in [0, 0.05) is 23.2 Å². The number of aromatic nitrogens is 3. The number of fused-ring (bicyclic) bond motifs is 1. The van der Waals surface area contributed by atoms with E-state index in [9.17, 15) is 18.0 Å². The topological polar surface area (TPSA) is 73.0 Å². The number of aryl methyl sites for hydroxylation is 1. The van der Waals surface area contributed by atoms with Crippen LogP contribution in [0.15, 0.2) is 15.5 Å². The third-order valence-corrected chi connectivity index (χ3v) is 3.66. The molecule has 9 heteroatoms. The van der Waals surface area contributed by atoms with Gasteiger partial charge in [-0.2, -0.15) is 18.3 Å². The fourth-order valence-electron chi connectivity index (χ4n) is 2.50. The van der Waals surface area contributed by atoms with Crippen LogP contribution >= 0.6 is 0 Å². The molecule has 0 aliphatic carbocycles. The molecule has 2 aromatic rings. The van der Waals surface area contributed by atoms with E-state index in [1.165, 1.54) is 6.20 Å². The van der Waals surface area contributed by atoms with Gasteiger partial charge in [-0.25, -0.2) is 4.68 Å². The molecule has 0 spiro atoms. The van der Waals surface area contributed by atoms with E-state index in [1.54, 1.807) is 6.92 Å². The van der Waals surface area contributed by atoms with Gasteiger partial charge in [-0.3, -0.25) is 4.79 Å². The average molecular weight is 314 g/mol. The highest BCUT2D eigenvalue weighted by atomic mass is 19.4. The third kappa shape index (κ3) is 2.52. The largest absolute Gasteiger partial charge is 0.435 e. The Morgan fingerprint density at radius 1 is 1.41 bits per heavy atom. The molecule has 0 saturated heterocycles. The number of nitrogens with zero attached hydrogens (tertiary/aromatic N) is 3. The van der Waals surface area contributed by atoms with Gasteiger partial charge in [-0.05, 0) is 19.9 Å². The summed E-state index contributed by atoms with van der Waals surface area (Å²) >= 11 is 0. The van der Waals surface area contributed by atoms with Crippen molar-refractivity contribution in [2.45, 2.75) is 32.6 Å². The van der Waals surface area contributed by atoms with Crippen LogP contribution in [0.5, 0.6) is 0 Å². The minimum Gasteiger partial charge on any atom is -0.361 e. The highest BCUT2D eigenvalue weighted by Gasteiger charge is 2.38. The van der Waals surface area contributed by atoms with Crippen LogP contribution in [0.25, 0.3) is 0 Å². The number of hydrogen-bond acceptors (Lipinski definition) is 5. The number of halogens is 3. The Balaban J connectivity index is 2.15. The highest BCUT2D eigenvalue weighted by Crippen LogP contribution is 2.31. The van der Waals surface area contributed by atoms with Crippen LogP contribution in [-0.2, 0) is 25.7 Å². The summed E-state index contributed by atoms with van der Waals surface area (Å²) in [6, 6.07) is 0. The Morgan fingerprint density at radius 3 is 2.82 bits per heavy atom. The van der Waals surface area contributed by atoms with E-state index in [0.29, 0.717) is 17.9 Å². The third-order valence-electron chi connectivity index (χ3n) is 3.66. The molecular formula is C13H13F3N4O2. The fourth-order valence-corrected chi connectivity index (χ4v) is 2.50. The summed E-state index contributed by atoms with van der Waals surface area (Å²) in [5.41, 5.74) is -0.859. The summed E-state index contributed by atoms with van der Waals surface area (Å²) < 4.78 is 45.3. The maximum Gasteiger partial charge on any atom is 0.435 e. The minimum atomic E-state index is -4.61. The van der Waals surface area contributed by atoms with Crippen molar-refractivity contribution in [1.29, 1.82) is 0 Å². The molecule has 2 aromatic heterocycles. The van der Waals surface area contributed by atoms with Gasteiger partial charge < -0.3 is 9.84 Å². The molecule has 0 amide bonds.